The van der Waals surface area contributed by atoms with Gasteiger partial charge < -0.3 is 5.73 Å². The molecule has 94 valence electrons. The molecule has 1 nitrogen and oxygen atoms in total. The van der Waals surface area contributed by atoms with Gasteiger partial charge in [-0.05, 0) is 31.0 Å². The highest BCUT2D eigenvalue weighted by atomic mass is 79.9. The van der Waals surface area contributed by atoms with Crippen LogP contribution in [-0.4, -0.2) is 0 Å². The van der Waals surface area contributed by atoms with Crippen LogP contribution in [0.4, 0.5) is 13.2 Å². The Morgan fingerprint density at radius 3 is 2.53 bits per heavy atom. The fourth-order valence-electron chi connectivity index (χ4n) is 1.48. The third-order valence-corrected chi connectivity index (χ3v) is 2.98. The van der Waals surface area contributed by atoms with Crippen LogP contribution in [0.25, 0.3) is 0 Å². The van der Waals surface area contributed by atoms with E-state index >= 15 is 0 Å². The van der Waals surface area contributed by atoms with E-state index in [0.717, 1.165) is 11.6 Å². The zero-order valence-corrected chi connectivity index (χ0v) is 10.9. The minimum absolute atomic E-state index is 0.0243. The van der Waals surface area contributed by atoms with Crippen LogP contribution in [0.1, 0.15) is 30.5 Å². The van der Waals surface area contributed by atoms with E-state index in [9.17, 15) is 13.2 Å². The topological polar surface area (TPSA) is 26.0 Å². The summed E-state index contributed by atoms with van der Waals surface area (Å²) in [7, 11) is 0. The summed E-state index contributed by atoms with van der Waals surface area (Å²) in [6.07, 6.45) is -3.91. The third kappa shape index (κ3) is 3.85. The van der Waals surface area contributed by atoms with Gasteiger partial charge in [-0.1, -0.05) is 27.6 Å². The van der Waals surface area contributed by atoms with Crippen molar-refractivity contribution in [1.29, 1.82) is 0 Å². The largest absolute Gasteiger partial charge is 0.417 e. The molecule has 0 heterocycles. The van der Waals surface area contributed by atoms with Crippen LogP contribution in [0, 0.1) is 0 Å². The molecule has 2 N–H and O–H groups in total. The molecule has 17 heavy (non-hydrogen) atoms. The van der Waals surface area contributed by atoms with Crippen LogP contribution in [-0.2, 0) is 6.18 Å². The molecule has 0 spiro atoms. The third-order valence-electron chi connectivity index (χ3n) is 2.29. The SMILES string of the molecule is C=C(C)CC(N)c1ccc(Br)c(C(F)(F)F)c1. The van der Waals surface area contributed by atoms with Crippen LogP contribution in [0.2, 0.25) is 0 Å². The summed E-state index contributed by atoms with van der Waals surface area (Å²) in [5.74, 6) is 0. The molecule has 0 saturated carbocycles. The van der Waals surface area contributed by atoms with Crippen LogP contribution in [0.3, 0.4) is 0 Å². The molecule has 0 aromatic heterocycles. The predicted octanol–water partition coefficient (Wildman–Crippen LogP) is 4.43. The number of rotatable bonds is 3. The van der Waals surface area contributed by atoms with Gasteiger partial charge in [-0.25, -0.2) is 0 Å². The lowest BCUT2D eigenvalue weighted by molar-refractivity contribution is -0.138. The molecule has 0 aliphatic heterocycles. The van der Waals surface area contributed by atoms with Gasteiger partial charge in [0.1, 0.15) is 0 Å². The summed E-state index contributed by atoms with van der Waals surface area (Å²) in [5, 5.41) is 0. The summed E-state index contributed by atoms with van der Waals surface area (Å²) in [6, 6.07) is 3.59. The van der Waals surface area contributed by atoms with E-state index in [-0.39, 0.29) is 4.47 Å². The lowest BCUT2D eigenvalue weighted by Gasteiger charge is -2.15. The molecule has 1 aromatic carbocycles. The molecule has 1 rings (SSSR count). The maximum atomic E-state index is 12.7. The van der Waals surface area contributed by atoms with Crippen molar-refractivity contribution in [2.75, 3.05) is 0 Å². The molecule has 0 amide bonds. The highest BCUT2D eigenvalue weighted by Gasteiger charge is 2.33. The smallest absolute Gasteiger partial charge is 0.324 e. The van der Waals surface area contributed by atoms with Crippen molar-refractivity contribution in [2.45, 2.75) is 25.6 Å². The second-order valence-electron chi connectivity index (χ2n) is 4.00. The average molecular weight is 308 g/mol. The lowest BCUT2D eigenvalue weighted by Crippen LogP contribution is -2.13. The monoisotopic (exact) mass is 307 g/mol. The van der Waals surface area contributed by atoms with Crippen molar-refractivity contribution in [3.05, 3.63) is 46.0 Å². The molecule has 0 aliphatic rings. The van der Waals surface area contributed by atoms with E-state index in [4.69, 9.17) is 5.73 Å². The van der Waals surface area contributed by atoms with Gasteiger partial charge in [-0.3, -0.25) is 0 Å². The Hall–Kier alpha value is -0.810. The summed E-state index contributed by atoms with van der Waals surface area (Å²) in [4.78, 5) is 0. The first kappa shape index (κ1) is 14.3. The second-order valence-corrected chi connectivity index (χ2v) is 4.86. The van der Waals surface area contributed by atoms with Crippen molar-refractivity contribution >= 4 is 15.9 Å². The Morgan fingerprint density at radius 1 is 1.47 bits per heavy atom. The van der Waals surface area contributed by atoms with Gasteiger partial charge in [0, 0.05) is 10.5 Å². The minimum atomic E-state index is -4.38. The maximum Gasteiger partial charge on any atom is 0.417 e. The predicted molar refractivity (Wildman–Crippen MR) is 65.5 cm³/mol. The fourth-order valence-corrected chi connectivity index (χ4v) is 1.96. The Balaban J connectivity index is 3.08. The van der Waals surface area contributed by atoms with E-state index in [2.05, 4.69) is 22.5 Å². The Morgan fingerprint density at radius 2 is 2.06 bits per heavy atom. The molecule has 5 heteroatoms. The van der Waals surface area contributed by atoms with Gasteiger partial charge in [0.25, 0.3) is 0 Å². The van der Waals surface area contributed by atoms with Crippen LogP contribution >= 0.6 is 15.9 Å². The van der Waals surface area contributed by atoms with Crippen molar-refractivity contribution in [2.24, 2.45) is 5.73 Å². The molecule has 0 aliphatic carbocycles. The van der Waals surface area contributed by atoms with Crippen molar-refractivity contribution in [3.8, 4) is 0 Å². The molecular weight excluding hydrogens is 295 g/mol. The Bertz CT molecular complexity index is 426. The summed E-state index contributed by atoms with van der Waals surface area (Å²) >= 11 is 2.89. The second kappa shape index (κ2) is 5.23. The van der Waals surface area contributed by atoms with Gasteiger partial charge in [-0.2, -0.15) is 13.2 Å². The first-order valence-electron chi connectivity index (χ1n) is 4.98. The summed E-state index contributed by atoms with van der Waals surface area (Å²) in [6.45, 7) is 5.49. The molecular formula is C12H13BrF3N. The van der Waals surface area contributed by atoms with Crippen LogP contribution in [0.5, 0.6) is 0 Å². The van der Waals surface area contributed by atoms with Crippen LogP contribution < -0.4 is 5.73 Å². The van der Waals surface area contributed by atoms with Gasteiger partial charge in [0.05, 0.1) is 5.56 Å². The molecule has 1 atom stereocenters. The Labute approximate surface area is 107 Å². The first-order chi connectivity index (χ1) is 7.71. The van der Waals surface area contributed by atoms with Crippen molar-refractivity contribution in [1.82, 2.24) is 0 Å². The van der Waals surface area contributed by atoms with E-state index in [1.54, 1.807) is 13.0 Å². The van der Waals surface area contributed by atoms with E-state index in [1.807, 2.05) is 0 Å². The average Bonchev–Trinajstić information content (AvgIpc) is 2.15. The quantitative estimate of drug-likeness (QED) is 0.821. The van der Waals surface area contributed by atoms with Crippen molar-refractivity contribution < 1.29 is 13.2 Å². The zero-order valence-electron chi connectivity index (χ0n) is 9.31. The van der Waals surface area contributed by atoms with E-state index in [1.165, 1.54) is 6.07 Å². The molecule has 1 unspecified atom stereocenters. The van der Waals surface area contributed by atoms with E-state index in [0.29, 0.717) is 12.0 Å². The number of nitrogens with two attached hydrogens (primary N) is 1. The summed E-state index contributed by atoms with van der Waals surface area (Å²) in [5.41, 5.74) is 6.42. The van der Waals surface area contributed by atoms with Crippen LogP contribution in [0.15, 0.2) is 34.8 Å². The summed E-state index contributed by atoms with van der Waals surface area (Å²) < 4.78 is 38.0. The standard InChI is InChI=1S/C12H13BrF3N/c1-7(2)5-11(17)8-3-4-10(13)9(6-8)12(14,15)16/h3-4,6,11H,1,5,17H2,2H3. The minimum Gasteiger partial charge on any atom is -0.324 e. The first-order valence-corrected chi connectivity index (χ1v) is 5.77. The Kier molecular flexibility index (Phi) is 4.38. The molecule has 1 aromatic rings. The maximum absolute atomic E-state index is 12.7. The zero-order chi connectivity index (χ0) is 13.2. The van der Waals surface area contributed by atoms with Gasteiger partial charge in [0.15, 0.2) is 0 Å². The fraction of sp³-hybridized carbons (Fsp3) is 0.333. The lowest BCUT2D eigenvalue weighted by atomic mass is 9.99. The number of benzene rings is 1. The van der Waals surface area contributed by atoms with Gasteiger partial charge in [-0.15, -0.1) is 6.58 Å². The van der Waals surface area contributed by atoms with Gasteiger partial charge in [0.2, 0.25) is 0 Å². The normalized spacial score (nSPS) is 13.5. The van der Waals surface area contributed by atoms with E-state index < -0.39 is 17.8 Å². The molecule has 0 bridgehead atoms. The highest BCUT2D eigenvalue weighted by Crippen LogP contribution is 2.36. The number of hydrogen-bond acceptors (Lipinski definition) is 1. The number of alkyl halides is 3. The molecule has 0 saturated heterocycles. The highest BCUT2D eigenvalue weighted by molar-refractivity contribution is 9.10. The molecule has 0 fully saturated rings. The number of halogens is 4. The number of hydrogen-bond donors (Lipinski definition) is 1. The van der Waals surface area contributed by atoms with Crippen molar-refractivity contribution in [3.63, 3.8) is 0 Å². The molecule has 0 radical (unpaired) electrons. The van der Waals surface area contributed by atoms with Gasteiger partial charge >= 0.3 is 6.18 Å².